The van der Waals surface area contributed by atoms with E-state index >= 15 is 0 Å². The van der Waals surface area contributed by atoms with Gasteiger partial charge in [0.25, 0.3) is 0 Å². The van der Waals surface area contributed by atoms with Crippen molar-refractivity contribution >= 4 is 14.8 Å². The average molecular weight is 212 g/mol. The minimum atomic E-state index is -0.644. The highest BCUT2D eigenvalue weighted by molar-refractivity contribution is 6.59. The maximum Gasteiger partial charge on any atom is 0.312 e. The highest BCUT2D eigenvalue weighted by Crippen LogP contribution is 2.25. The van der Waals surface area contributed by atoms with Crippen molar-refractivity contribution in [3.63, 3.8) is 0 Å². The van der Waals surface area contributed by atoms with Gasteiger partial charge in [0.15, 0.2) is 0 Å². The van der Waals surface area contributed by atoms with E-state index in [-0.39, 0.29) is 11.9 Å². The fraction of sp³-hybridized carbons (Fsp3) is 0.727. The largest absolute Gasteiger partial charge is 0.469 e. The topological polar surface area (TPSA) is 26.3 Å². The van der Waals surface area contributed by atoms with Gasteiger partial charge in [-0.2, -0.15) is 0 Å². The molecule has 0 amide bonds. The van der Waals surface area contributed by atoms with Crippen LogP contribution in [0.4, 0.5) is 0 Å². The molecular weight excluding hydrogens is 192 g/mol. The third kappa shape index (κ3) is 3.29. The second-order valence-corrected chi connectivity index (χ2v) is 7.46. The molecule has 1 rings (SSSR count). The highest BCUT2D eigenvalue weighted by atomic mass is 28.3. The molecule has 2 nitrogen and oxygen atoms in total. The Morgan fingerprint density at radius 2 is 2.14 bits per heavy atom. The van der Waals surface area contributed by atoms with Gasteiger partial charge in [-0.3, -0.25) is 4.79 Å². The summed E-state index contributed by atoms with van der Waals surface area (Å²) >= 11 is 0. The number of ether oxygens (including phenoxy) is 1. The van der Waals surface area contributed by atoms with Crippen molar-refractivity contribution in [3.8, 4) is 0 Å². The number of rotatable bonds is 4. The Morgan fingerprint density at radius 1 is 1.50 bits per heavy atom. The zero-order chi connectivity index (χ0) is 10.4. The normalized spacial score (nSPS) is 20.1. The summed E-state index contributed by atoms with van der Waals surface area (Å²) in [5.74, 6) is -0.132. The first-order chi connectivity index (χ1) is 6.77. The fourth-order valence-corrected chi connectivity index (χ4v) is 5.82. The molecule has 1 unspecified atom stereocenters. The van der Waals surface area contributed by atoms with Crippen LogP contribution in [0.1, 0.15) is 19.3 Å². The second-order valence-electron chi connectivity index (χ2n) is 4.11. The summed E-state index contributed by atoms with van der Waals surface area (Å²) in [5.41, 5.74) is 0. The van der Waals surface area contributed by atoms with Crippen LogP contribution in [0.25, 0.3) is 0 Å². The van der Waals surface area contributed by atoms with Gasteiger partial charge >= 0.3 is 5.97 Å². The summed E-state index contributed by atoms with van der Waals surface area (Å²) in [4.78, 5) is 11.3. The van der Waals surface area contributed by atoms with Gasteiger partial charge in [0.2, 0.25) is 0 Å². The van der Waals surface area contributed by atoms with Crippen LogP contribution in [0.2, 0.25) is 18.1 Å². The van der Waals surface area contributed by atoms with E-state index in [1.165, 1.54) is 38.5 Å². The molecule has 1 aliphatic rings. The minimum Gasteiger partial charge on any atom is -0.469 e. The Labute approximate surface area is 87.9 Å². The lowest BCUT2D eigenvalue weighted by Gasteiger charge is -2.22. The van der Waals surface area contributed by atoms with Crippen LogP contribution in [0.5, 0.6) is 0 Å². The fourth-order valence-electron chi connectivity index (χ4n) is 2.22. The van der Waals surface area contributed by atoms with E-state index in [2.05, 4.69) is 6.58 Å². The lowest BCUT2D eigenvalue weighted by Crippen LogP contribution is -2.24. The summed E-state index contributed by atoms with van der Waals surface area (Å²) in [5, 5.41) is 0. The molecule has 1 atom stereocenters. The average Bonchev–Trinajstić information content (AvgIpc) is 2.26. The number of hydrogen-bond acceptors (Lipinski definition) is 2. The smallest absolute Gasteiger partial charge is 0.312 e. The summed E-state index contributed by atoms with van der Waals surface area (Å²) in [7, 11) is 0.816. The molecule has 0 saturated carbocycles. The molecule has 0 aromatic heterocycles. The van der Waals surface area contributed by atoms with Gasteiger partial charge in [-0.05, 0) is 6.04 Å². The molecule has 80 valence electrons. The van der Waals surface area contributed by atoms with Crippen LogP contribution in [0.15, 0.2) is 12.7 Å². The molecule has 0 bridgehead atoms. The zero-order valence-electron chi connectivity index (χ0n) is 9.00. The Balaban J connectivity index is 2.38. The highest BCUT2D eigenvalue weighted by Gasteiger charge is 2.23. The van der Waals surface area contributed by atoms with Crippen LogP contribution >= 0.6 is 0 Å². The lowest BCUT2D eigenvalue weighted by molar-refractivity contribution is -0.143. The van der Waals surface area contributed by atoms with E-state index in [4.69, 9.17) is 4.74 Å². The zero-order valence-corrected chi connectivity index (χ0v) is 10.2. The predicted octanol–water partition coefficient (Wildman–Crippen LogP) is 2.37. The molecule has 0 N–H and O–H groups in total. The summed E-state index contributed by atoms with van der Waals surface area (Å²) < 4.78 is 4.76. The molecule has 0 aromatic rings. The lowest BCUT2D eigenvalue weighted by atomic mass is 10.2. The predicted molar refractivity (Wildman–Crippen MR) is 61.1 cm³/mol. The third-order valence-corrected chi connectivity index (χ3v) is 6.72. The van der Waals surface area contributed by atoms with Gasteiger partial charge in [0, 0.05) is 8.80 Å². The van der Waals surface area contributed by atoms with Crippen LogP contribution in [0.3, 0.4) is 0 Å². The van der Waals surface area contributed by atoms with Gasteiger partial charge in [0.05, 0.1) is 13.0 Å². The molecule has 0 aromatic carbocycles. The minimum absolute atomic E-state index is 0.0326. The van der Waals surface area contributed by atoms with Gasteiger partial charge in [-0.1, -0.05) is 37.4 Å². The van der Waals surface area contributed by atoms with Gasteiger partial charge in [-0.25, -0.2) is 0 Å². The Bertz CT molecular complexity index is 197. The van der Waals surface area contributed by atoms with E-state index in [9.17, 15) is 4.79 Å². The van der Waals surface area contributed by atoms with Crippen LogP contribution in [0, 0.1) is 5.92 Å². The number of methoxy groups -OCH3 is 1. The van der Waals surface area contributed by atoms with Crippen molar-refractivity contribution in [2.24, 2.45) is 5.92 Å². The second kappa shape index (κ2) is 6.01. The molecule has 1 saturated heterocycles. The van der Waals surface area contributed by atoms with E-state index in [1.807, 2.05) is 0 Å². The SMILES string of the molecule is C=CC(C[SiH]1CCCCC1)C(=O)OC. The maximum atomic E-state index is 11.3. The summed E-state index contributed by atoms with van der Waals surface area (Å²) in [6, 6.07) is 3.87. The number of carbonyl (C=O) groups excluding carboxylic acids is 1. The first-order valence-corrected chi connectivity index (χ1v) is 7.93. The molecule has 0 aliphatic carbocycles. The van der Waals surface area contributed by atoms with Crippen molar-refractivity contribution in [2.75, 3.05) is 7.11 Å². The van der Waals surface area contributed by atoms with E-state index < -0.39 is 8.80 Å². The van der Waals surface area contributed by atoms with E-state index in [1.54, 1.807) is 6.08 Å². The Kier molecular flexibility index (Phi) is 4.94. The van der Waals surface area contributed by atoms with Crippen molar-refractivity contribution in [1.82, 2.24) is 0 Å². The quantitative estimate of drug-likeness (QED) is 0.406. The molecule has 0 radical (unpaired) electrons. The number of esters is 1. The van der Waals surface area contributed by atoms with E-state index in [0.717, 1.165) is 6.04 Å². The Morgan fingerprint density at radius 3 is 2.64 bits per heavy atom. The first-order valence-electron chi connectivity index (χ1n) is 5.48. The Hall–Kier alpha value is -0.573. The number of hydrogen-bond donors (Lipinski definition) is 0. The third-order valence-electron chi connectivity index (χ3n) is 3.10. The molecular formula is C11H20O2Si. The van der Waals surface area contributed by atoms with Crippen molar-refractivity contribution in [3.05, 3.63) is 12.7 Å². The van der Waals surface area contributed by atoms with Gasteiger partial charge in [-0.15, -0.1) is 6.58 Å². The monoisotopic (exact) mass is 212 g/mol. The summed E-state index contributed by atoms with van der Waals surface area (Å²) in [6.45, 7) is 3.72. The van der Waals surface area contributed by atoms with Crippen LogP contribution in [-0.2, 0) is 9.53 Å². The van der Waals surface area contributed by atoms with Crippen molar-refractivity contribution in [1.29, 1.82) is 0 Å². The molecule has 1 fully saturated rings. The van der Waals surface area contributed by atoms with Gasteiger partial charge in [0.1, 0.15) is 0 Å². The van der Waals surface area contributed by atoms with Crippen molar-refractivity contribution < 1.29 is 9.53 Å². The van der Waals surface area contributed by atoms with Crippen LogP contribution in [-0.4, -0.2) is 21.9 Å². The molecule has 1 aliphatic heterocycles. The van der Waals surface area contributed by atoms with Gasteiger partial charge < -0.3 is 4.74 Å². The number of carbonyl (C=O) groups is 1. The first kappa shape index (κ1) is 11.5. The summed E-state index contributed by atoms with van der Waals surface area (Å²) in [6.07, 6.45) is 5.90. The van der Waals surface area contributed by atoms with Crippen molar-refractivity contribution in [2.45, 2.75) is 37.4 Å². The molecule has 14 heavy (non-hydrogen) atoms. The van der Waals surface area contributed by atoms with E-state index in [0.29, 0.717) is 0 Å². The van der Waals surface area contributed by atoms with Crippen LogP contribution < -0.4 is 0 Å². The molecule has 3 heteroatoms. The molecule has 1 heterocycles. The standard InChI is InChI=1S/C11H20O2Si/c1-3-10(11(12)13-2)9-14-7-5-4-6-8-14/h3,10,14H,1,4-9H2,2H3. The molecule has 0 spiro atoms. The maximum absolute atomic E-state index is 11.3.